The van der Waals surface area contributed by atoms with Crippen LogP contribution in [0.25, 0.3) is 0 Å². The molecule has 1 aromatic heterocycles. The predicted molar refractivity (Wildman–Crippen MR) is 91.5 cm³/mol. The standard InChI is InChI=1S/C15H18BrN3O2S/c1-10(2)11-5-6-13(12(16)8-11)21-7-3-4-14(20)18-15-19-17-9-22-15/h5-6,8-10H,3-4,7H2,1-2H3,(H,18,19,20). The van der Waals surface area contributed by atoms with Crippen molar-refractivity contribution in [2.24, 2.45) is 0 Å². The Bertz CT molecular complexity index is 617. The molecule has 0 aliphatic carbocycles. The number of carbonyl (C=O) groups is 1. The van der Waals surface area contributed by atoms with Crippen LogP contribution in [0.5, 0.6) is 5.75 Å². The van der Waals surface area contributed by atoms with Gasteiger partial charge in [0.1, 0.15) is 11.3 Å². The summed E-state index contributed by atoms with van der Waals surface area (Å²) >= 11 is 4.82. The Kier molecular flexibility index (Phi) is 6.33. The normalized spacial score (nSPS) is 10.7. The van der Waals surface area contributed by atoms with Gasteiger partial charge >= 0.3 is 0 Å². The highest BCUT2D eigenvalue weighted by Crippen LogP contribution is 2.29. The second-order valence-electron chi connectivity index (χ2n) is 5.09. The third kappa shape index (κ3) is 5.06. The number of nitrogens with one attached hydrogen (secondary N) is 1. The molecule has 0 saturated heterocycles. The molecular formula is C15H18BrN3O2S. The molecule has 1 heterocycles. The fourth-order valence-corrected chi connectivity index (χ4v) is 2.79. The monoisotopic (exact) mass is 383 g/mol. The van der Waals surface area contributed by atoms with E-state index in [1.807, 2.05) is 6.07 Å². The summed E-state index contributed by atoms with van der Waals surface area (Å²) in [5, 5.41) is 10.6. The maximum absolute atomic E-state index is 11.7. The average molecular weight is 384 g/mol. The molecule has 0 atom stereocenters. The van der Waals surface area contributed by atoms with Crippen LogP contribution < -0.4 is 10.1 Å². The molecule has 2 aromatic rings. The number of anilines is 1. The van der Waals surface area contributed by atoms with Crippen molar-refractivity contribution in [3.63, 3.8) is 0 Å². The van der Waals surface area contributed by atoms with Gasteiger partial charge in [-0.2, -0.15) is 0 Å². The molecule has 0 aliphatic heterocycles. The van der Waals surface area contributed by atoms with Crippen LogP contribution in [0.15, 0.2) is 28.2 Å². The first-order chi connectivity index (χ1) is 10.6. The lowest BCUT2D eigenvalue weighted by atomic mass is 10.0. The van der Waals surface area contributed by atoms with Gasteiger partial charge in [0.25, 0.3) is 0 Å². The van der Waals surface area contributed by atoms with Crippen molar-refractivity contribution >= 4 is 38.3 Å². The molecule has 0 spiro atoms. The van der Waals surface area contributed by atoms with Crippen molar-refractivity contribution in [3.05, 3.63) is 33.7 Å². The molecule has 1 N–H and O–H groups in total. The molecule has 0 saturated carbocycles. The van der Waals surface area contributed by atoms with E-state index in [0.717, 1.165) is 10.2 Å². The molecule has 0 unspecified atom stereocenters. The van der Waals surface area contributed by atoms with Crippen LogP contribution in [0.4, 0.5) is 5.13 Å². The van der Waals surface area contributed by atoms with E-state index < -0.39 is 0 Å². The van der Waals surface area contributed by atoms with Crippen LogP contribution >= 0.6 is 27.3 Å². The summed E-state index contributed by atoms with van der Waals surface area (Å²) in [5.74, 6) is 1.21. The first-order valence-corrected chi connectivity index (χ1v) is 8.72. The fraction of sp³-hybridized carbons (Fsp3) is 0.400. The second kappa shape index (κ2) is 8.24. The maximum atomic E-state index is 11.7. The Morgan fingerprint density at radius 2 is 2.27 bits per heavy atom. The van der Waals surface area contributed by atoms with Crippen LogP contribution in [0, 0.1) is 0 Å². The van der Waals surface area contributed by atoms with Crippen molar-refractivity contribution in [3.8, 4) is 5.75 Å². The smallest absolute Gasteiger partial charge is 0.226 e. The minimum Gasteiger partial charge on any atom is -0.492 e. The van der Waals surface area contributed by atoms with Gasteiger partial charge in [-0.15, -0.1) is 10.2 Å². The molecule has 1 aromatic carbocycles. The van der Waals surface area contributed by atoms with Gasteiger partial charge in [-0.05, 0) is 46.0 Å². The van der Waals surface area contributed by atoms with E-state index in [4.69, 9.17) is 4.74 Å². The van der Waals surface area contributed by atoms with Gasteiger partial charge in [0, 0.05) is 6.42 Å². The van der Waals surface area contributed by atoms with E-state index in [2.05, 4.69) is 57.4 Å². The second-order valence-corrected chi connectivity index (χ2v) is 6.78. The molecule has 1 amide bonds. The zero-order valence-electron chi connectivity index (χ0n) is 12.5. The van der Waals surface area contributed by atoms with Crippen molar-refractivity contribution in [2.45, 2.75) is 32.6 Å². The highest BCUT2D eigenvalue weighted by Gasteiger charge is 2.07. The summed E-state index contributed by atoms with van der Waals surface area (Å²) in [4.78, 5) is 11.7. The number of benzene rings is 1. The van der Waals surface area contributed by atoms with Crippen molar-refractivity contribution in [1.82, 2.24) is 10.2 Å². The largest absolute Gasteiger partial charge is 0.492 e. The topological polar surface area (TPSA) is 64.1 Å². The van der Waals surface area contributed by atoms with E-state index in [9.17, 15) is 4.79 Å². The number of hydrogen-bond acceptors (Lipinski definition) is 5. The Hall–Kier alpha value is -1.47. The molecule has 0 aliphatic rings. The van der Waals surface area contributed by atoms with Gasteiger partial charge in [-0.1, -0.05) is 31.3 Å². The van der Waals surface area contributed by atoms with E-state index in [1.54, 1.807) is 5.51 Å². The zero-order chi connectivity index (χ0) is 15.9. The zero-order valence-corrected chi connectivity index (χ0v) is 14.9. The SMILES string of the molecule is CC(C)c1ccc(OCCCC(=O)Nc2nncs2)c(Br)c1. The summed E-state index contributed by atoms with van der Waals surface area (Å²) in [7, 11) is 0. The molecule has 2 rings (SSSR count). The molecule has 0 bridgehead atoms. The molecule has 0 fully saturated rings. The lowest BCUT2D eigenvalue weighted by Gasteiger charge is -2.11. The van der Waals surface area contributed by atoms with E-state index >= 15 is 0 Å². The van der Waals surface area contributed by atoms with E-state index in [1.165, 1.54) is 16.9 Å². The maximum Gasteiger partial charge on any atom is 0.226 e. The van der Waals surface area contributed by atoms with Crippen LogP contribution in [-0.2, 0) is 4.79 Å². The molecular weight excluding hydrogens is 366 g/mol. The quantitative estimate of drug-likeness (QED) is 0.726. The Labute approximate surface area is 142 Å². The molecule has 118 valence electrons. The van der Waals surface area contributed by atoms with Gasteiger partial charge in [-0.3, -0.25) is 4.79 Å². The van der Waals surface area contributed by atoms with Crippen LogP contribution in [0.3, 0.4) is 0 Å². The van der Waals surface area contributed by atoms with E-state index in [-0.39, 0.29) is 5.91 Å². The summed E-state index contributed by atoms with van der Waals surface area (Å²) < 4.78 is 6.65. The first kappa shape index (κ1) is 16.9. The number of rotatable bonds is 7. The number of aromatic nitrogens is 2. The number of carbonyl (C=O) groups excluding carboxylic acids is 1. The van der Waals surface area contributed by atoms with Gasteiger partial charge in [0.05, 0.1) is 11.1 Å². The number of hydrogen-bond donors (Lipinski definition) is 1. The van der Waals surface area contributed by atoms with Crippen LogP contribution in [0.1, 0.15) is 38.2 Å². The third-order valence-electron chi connectivity index (χ3n) is 3.03. The van der Waals surface area contributed by atoms with Crippen LogP contribution in [-0.4, -0.2) is 22.7 Å². The summed E-state index contributed by atoms with van der Waals surface area (Å²) in [6, 6.07) is 6.09. The molecule has 0 radical (unpaired) electrons. The van der Waals surface area contributed by atoms with Crippen molar-refractivity contribution < 1.29 is 9.53 Å². The third-order valence-corrected chi connectivity index (χ3v) is 4.26. The Morgan fingerprint density at radius 3 is 2.91 bits per heavy atom. The lowest BCUT2D eigenvalue weighted by molar-refractivity contribution is -0.116. The lowest BCUT2D eigenvalue weighted by Crippen LogP contribution is -2.12. The minimum absolute atomic E-state index is 0.0745. The van der Waals surface area contributed by atoms with E-state index in [0.29, 0.717) is 30.5 Å². The van der Waals surface area contributed by atoms with Crippen molar-refractivity contribution in [1.29, 1.82) is 0 Å². The minimum atomic E-state index is -0.0745. The number of amides is 1. The van der Waals surface area contributed by atoms with Gasteiger partial charge in [0.15, 0.2) is 0 Å². The summed E-state index contributed by atoms with van der Waals surface area (Å²) in [6.07, 6.45) is 1.03. The van der Waals surface area contributed by atoms with Gasteiger partial charge in [-0.25, -0.2) is 0 Å². The average Bonchev–Trinajstić information content (AvgIpc) is 2.97. The molecule has 22 heavy (non-hydrogen) atoms. The number of halogens is 1. The van der Waals surface area contributed by atoms with Crippen LogP contribution in [0.2, 0.25) is 0 Å². The predicted octanol–water partition coefficient (Wildman–Crippen LogP) is 4.22. The highest BCUT2D eigenvalue weighted by molar-refractivity contribution is 9.10. The molecule has 5 nitrogen and oxygen atoms in total. The summed E-state index contributed by atoms with van der Waals surface area (Å²) in [6.45, 7) is 4.79. The number of nitrogens with zero attached hydrogens (tertiary/aromatic N) is 2. The highest BCUT2D eigenvalue weighted by atomic mass is 79.9. The fourth-order valence-electron chi connectivity index (χ4n) is 1.82. The van der Waals surface area contributed by atoms with Crippen molar-refractivity contribution in [2.75, 3.05) is 11.9 Å². The number of ether oxygens (including phenoxy) is 1. The van der Waals surface area contributed by atoms with Gasteiger partial charge < -0.3 is 10.1 Å². The first-order valence-electron chi connectivity index (χ1n) is 7.04. The Morgan fingerprint density at radius 1 is 1.45 bits per heavy atom. The molecule has 7 heteroatoms. The van der Waals surface area contributed by atoms with Gasteiger partial charge in [0.2, 0.25) is 11.0 Å². The summed E-state index contributed by atoms with van der Waals surface area (Å²) in [5.41, 5.74) is 2.84. The Balaban J connectivity index is 1.73.